The van der Waals surface area contributed by atoms with Crippen LogP contribution in [0, 0.1) is 13.8 Å². The van der Waals surface area contributed by atoms with E-state index in [1.54, 1.807) is 24.8 Å². The molecule has 4 heterocycles. The minimum atomic E-state index is -2.70. The van der Waals surface area contributed by atoms with Crippen LogP contribution >= 0.6 is 0 Å². The lowest BCUT2D eigenvalue weighted by Gasteiger charge is -2.15. The number of nitrogen functional groups attached to an aromatic ring is 1. The van der Waals surface area contributed by atoms with Gasteiger partial charge in [0.2, 0.25) is 5.95 Å². The van der Waals surface area contributed by atoms with E-state index in [-0.39, 0.29) is 25.4 Å². The Morgan fingerprint density at radius 1 is 1.19 bits per heavy atom. The fraction of sp³-hybridized carbons (Fsp3) is 0.320. The molecule has 186 valence electrons. The number of benzene rings is 1. The molecule has 9 nitrogen and oxygen atoms in total. The highest BCUT2D eigenvalue weighted by molar-refractivity contribution is 5.93. The number of amides is 1. The number of rotatable bonds is 6. The van der Waals surface area contributed by atoms with Gasteiger partial charge in [-0.3, -0.25) is 4.79 Å². The SMILES string of the molecule is Cc1cc2c(N)nccc2cc1CNC(=O)c1cn(Cc2cnc(N3CCC(F)(F)C3)nc2)c(C)n1. The van der Waals surface area contributed by atoms with Crippen molar-refractivity contribution in [1.82, 2.24) is 29.8 Å². The van der Waals surface area contributed by atoms with Crippen molar-refractivity contribution in [2.45, 2.75) is 39.3 Å². The Morgan fingerprint density at radius 3 is 2.69 bits per heavy atom. The second-order valence-electron chi connectivity index (χ2n) is 9.10. The summed E-state index contributed by atoms with van der Waals surface area (Å²) in [7, 11) is 0. The monoisotopic (exact) mass is 492 g/mol. The summed E-state index contributed by atoms with van der Waals surface area (Å²) < 4.78 is 28.7. The number of carbonyl (C=O) groups is 1. The number of nitrogens with zero attached hydrogens (tertiary/aromatic N) is 6. The van der Waals surface area contributed by atoms with Crippen molar-refractivity contribution in [3.8, 4) is 0 Å². The number of carbonyl (C=O) groups excluding carboxylic acids is 1. The first kappa shape index (κ1) is 23.6. The molecule has 0 unspecified atom stereocenters. The number of aryl methyl sites for hydroxylation is 2. The maximum absolute atomic E-state index is 13.5. The fourth-order valence-electron chi connectivity index (χ4n) is 4.33. The smallest absolute Gasteiger partial charge is 0.271 e. The summed E-state index contributed by atoms with van der Waals surface area (Å²) in [6.45, 7) is 4.39. The highest BCUT2D eigenvalue weighted by atomic mass is 19.3. The van der Waals surface area contributed by atoms with E-state index in [1.165, 1.54) is 4.90 Å². The van der Waals surface area contributed by atoms with Gasteiger partial charge in [-0.15, -0.1) is 0 Å². The van der Waals surface area contributed by atoms with Crippen LogP contribution in [0.2, 0.25) is 0 Å². The molecule has 1 aromatic carbocycles. The van der Waals surface area contributed by atoms with Crippen LogP contribution in [-0.4, -0.2) is 49.4 Å². The molecule has 0 radical (unpaired) electrons. The zero-order chi connectivity index (χ0) is 25.4. The molecule has 0 spiro atoms. The number of nitrogens with one attached hydrogen (secondary N) is 1. The molecule has 4 aromatic rings. The molecular formula is C25H26F2N8O. The first-order valence-corrected chi connectivity index (χ1v) is 11.6. The molecule has 5 rings (SSSR count). The number of pyridine rings is 1. The number of hydrogen-bond acceptors (Lipinski definition) is 7. The van der Waals surface area contributed by atoms with Crippen LogP contribution in [0.15, 0.2) is 43.0 Å². The summed E-state index contributed by atoms with van der Waals surface area (Å²) in [5.41, 5.74) is 9.02. The van der Waals surface area contributed by atoms with Gasteiger partial charge in [0.25, 0.3) is 11.8 Å². The van der Waals surface area contributed by atoms with Crippen LogP contribution in [0.1, 0.15) is 39.4 Å². The summed E-state index contributed by atoms with van der Waals surface area (Å²) in [6, 6.07) is 5.86. The third-order valence-electron chi connectivity index (χ3n) is 6.40. The van der Waals surface area contributed by atoms with Crippen LogP contribution in [0.4, 0.5) is 20.5 Å². The Kier molecular flexibility index (Phi) is 5.99. The van der Waals surface area contributed by atoms with E-state index in [2.05, 4.69) is 25.3 Å². The lowest BCUT2D eigenvalue weighted by molar-refractivity contribution is 0.0256. The minimum absolute atomic E-state index is 0.191. The number of halogens is 2. The van der Waals surface area contributed by atoms with Gasteiger partial charge in [-0.05, 0) is 48.6 Å². The fourth-order valence-corrected chi connectivity index (χ4v) is 4.33. The van der Waals surface area contributed by atoms with Gasteiger partial charge < -0.3 is 20.5 Å². The van der Waals surface area contributed by atoms with E-state index in [0.717, 1.165) is 27.5 Å². The number of hydrogen-bond donors (Lipinski definition) is 2. The van der Waals surface area contributed by atoms with E-state index < -0.39 is 5.92 Å². The molecule has 0 saturated carbocycles. The van der Waals surface area contributed by atoms with Gasteiger partial charge in [-0.1, -0.05) is 0 Å². The van der Waals surface area contributed by atoms with E-state index in [9.17, 15) is 13.6 Å². The van der Waals surface area contributed by atoms with Gasteiger partial charge in [0, 0.05) is 55.2 Å². The number of alkyl halides is 2. The van der Waals surface area contributed by atoms with Crippen molar-refractivity contribution < 1.29 is 13.6 Å². The average Bonchev–Trinajstić information content (AvgIpc) is 3.40. The van der Waals surface area contributed by atoms with Gasteiger partial charge in [0.15, 0.2) is 0 Å². The van der Waals surface area contributed by atoms with Crippen LogP contribution in [0.25, 0.3) is 10.8 Å². The van der Waals surface area contributed by atoms with Crippen molar-refractivity contribution in [1.29, 1.82) is 0 Å². The lowest BCUT2D eigenvalue weighted by Crippen LogP contribution is -2.26. The molecule has 1 aliphatic heterocycles. The quantitative estimate of drug-likeness (QED) is 0.425. The molecule has 1 saturated heterocycles. The summed E-state index contributed by atoms with van der Waals surface area (Å²) in [6.07, 6.45) is 6.38. The van der Waals surface area contributed by atoms with Crippen LogP contribution in [-0.2, 0) is 13.1 Å². The molecule has 3 N–H and O–H groups in total. The third kappa shape index (κ3) is 4.81. The number of aromatic nitrogens is 5. The second kappa shape index (κ2) is 9.14. The highest BCUT2D eigenvalue weighted by Gasteiger charge is 2.39. The van der Waals surface area contributed by atoms with Crippen molar-refractivity contribution >= 4 is 28.4 Å². The highest BCUT2D eigenvalue weighted by Crippen LogP contribution is 2.29. The standard InChI is InChI=1S/C25H26F2N8O/c1-15-7-20-18(3-5-29-22(20)28)8-19(15)11-30-23(36)21-13-35(16(2)33-21)12-17-9-31-24(32-10-17)34-6-4-25(26,27)14-34/h3,5,7-10,13H,4,6,11-12,14H2,1-2H3,(H2,28,29)(H,30,36). The zero-order valence-electron chi connectivity index (χ0n) is 20.0. The first-order valence-electron chi connectivity index (χ1n) is 11.6. The summed E-state index contributed by atoms with van der Waals surface area (Å²) >= 11 is 0. The molecule has 1 aliphatic rings. The molecule has 11 heteroatoms. The molecule has 0 atom stereocenters. The largest absolute Gasteiger partial charge is 0.383 e. The molecule has 1 amide bonds. The van der Waals surface area contributed by atoms with Crippen LogP contribution in [0.3, 0.4) is 0 Å². The maximum atomic E-state index is 13.5. The summed E-state index contributed by atoms with van der Waals surface area (Å²) in [4.78, 5) is 31.3. The molecule has 1 fully saturated rings. The van der Waals surface area contributed by atoms with Crippen molar-refractivity contribution in [2.75, 3.05) is 23.7 Å². The van der Waals surface area contributed by atoms with Gasteiger partial charge in [0.1, 0.15) is 17.3 Å². The summed E-state index contributed by atoms with van der Waals surface area (Å²) in [5, 5.41) is 4.78. The molecular weight excluding hydrogens is 466 g/mol. The number of imidazole rings is 1. The Morgan fingerprint density at radius 2 is 1.97 bits per heavy atom. The first-order chi connectivity index (χ1) is 17.2. The van der Waals surface area contributed by atoms with E-state index >= 15 is 0 Å². The van der Waals surface area contributed by atoms with Gasteiger partial charge in [0.05, 0.1) is 13.1 Å². The Balaban J connectivity index is 1.23. The predicted octanol–water partition coefficient (Wildman–Crippen LogP) is 3.24. The minimum Gasteiger partial charge on any atom is -0.383 e. The maximum Gasteiger partial charge on any atom is 0.271 e. The number of nitrogens with two attached hydrogens (primary N) is 1. The van der Waals surface area contributed by atoms with Gasteiger partial charge in [-0.25, -0.2) is 28.7 Å². The van der Waals surface area contributed by atoms with Crippen molar-refractivity contribution in [3.05, 3.63) is 71.2 Å². The predicted molar refractivity (Wildman–Crippen MR) is 132 cm³/mol. The molecule has 0 bridgehead atoms. The van der Waals surface area contributed by atoms with Gasteiger partial charge >= 0.3 is 0 Å². The van der Waals surface area contributed by atoms with E-state index in [1.807, 2.05) is 36.6 Å². The Bertz CT molecular complexity index is 1430. The summed E-state index contributed by atoms with van der Waals surface area (Å²) in [5.74, 6) is -1.56. The average molecular weight is 493 g/mol. The van der Waals surface area contributed by atoms with Crippen LogP contribution in [0.5, 0.6) is 0 Å². The molecule has 3 aromatic heterocycles. The Hall–Kier alpha value is -4.15. The van der Waals surface area contributed by atoms with Crippen LogP contribution < -0.4 is 16.0 Å². The van der Waals surface area contributed by atoms with Crippen molar-refractivity contribution in [2.24, 2.45) is 0 Å². The van der Waals surface area contributed by atoms with Gasteiger partial charge in [-0.2, -0.15) is 0 Å². The third-order valence-corrected chi connectivity index (χ3v) is 6.40. The molecule has 0 aliphatic carbocycles. The number of anilines is 2. The van der Waals surface area contributed by atoms with E-state index in [4.69, 9.17) is 5.73 Å². The topological polar surface area (TPSA) is 115 Å². The van der Waals surface area contributed by atoms with E-state index in [0.29, 0.717) is 36.4 Å². The zero-order valence-corrected chi connectivity index (χ0v) is 20.0. The van der Waals surface area contributed by atoms with Crippen molar-refractivity contribution in [3.63, 3.8) is 0 Å². The Labute approximate surface area is 206 Å². The lowest BCUT2D eigenvalue weighted by atomic mass is 10.0. The number of fused-ring (bicyclic) bond motifs is 1. The second-order valence-corrected chi connectivity index (χ2v) is 9.10. The normalized spacial score (nSPS) is 14.9. The molecule has 36 heavy (non-hydrogen) atoms.